The molecule has 0 aromatic heterocycles. The summed E-state index contributed by atoms with van der Waals surface area (Å²) >= 11 is 0. The predicted molar refractivity (Wildman–Crippen MR) is 67.9 cm³/mol. The lowest BCUT2D eigenvalue weighted by molar-refractivity contribution is 0.0431. The molecule has 0 heterocycles. The third-order valence-corrected chi connectivity index (χ3v) is 3.19. The number of aryl methyl sites for hydroxylation is 1. The Hall–Kier alpha value is -1.57. The van der Waals surface area contributed by atoms with Crippen LogP contribution in [0.3, 0.4) is 0 Å². The van der Waals surface area contributed by atoms with Gasteiger partial charge in [0.2, 0.25) is 0 Å². The smallest absolute Gasteiger partial charge is 0.338 e. The fraction of sp³-hybridized carbons (Fsp3) is 0.400. The number of esters is 1. The SMILES string of the molecule is Cc1ccccc1C(=O)OCC1CC=CCC1. The van der Waals surface area contributed by atoms with E-state index in [1.807, 2.05) is 31.2 Å². The molecule has 1 aromatic carbocycles. The van der Waals surface area contributed by atoms with Crippen LogP contribution in [0.2, 0.25) is 0 Å². The van der Waals surface area contributed by atoms with Gasteiger partial charge in [-0.15, -0.1) is 0 Å². The van der Waals surface area contributed by atoms with Crippen molar-refractivity contribution in [1.29, 1.82) is 0 Å². The molecule has 0 radical (unpaired) electrons. The maximum absolute atomic E-state index is 11.9. The average molecular weight is 230 g/mol. The van der Waals surface area contributed by atoms with Gasteiger partial charge in [-0.1, -0.05) is 30.4 Å². The normalized spacial score (nSPS) is 19.0. The summed E-state index contributed by atoms with van der Waals surface area (Å²) in [7, 11) is 0. The van der Waals surface area contributed by atoms with Gasteiger partial charge in [0.1, 0.15) is 0 Å². The minimum Gasteiger partial charge on any atom is -0.462 e. The van der Waals surface area contributed by atoms with Crippen LogP contribution in [0.5, 0.6) is 0 Å². The number of allylic oxidation sites excluding steroid dienone is 2. The third kappa shape index (κ3) is 3.19. The summed E-state index contributed by atoms with van der Waals surface area (Å²) < 4.78 is 5.38. The molecular formula is C15H18O2. The molecule has 1 atom stereocenters. The van der Waals surface area contributed by atoms with Crippen molar-refractivity contribution >= 4 is 5.97 Å². The van der Waals surface area contributed by atoms with Crippen LogP contribution in [-0.2, 0) is 4.74 Å². The molecule has 0 spiro atoms. The summed E-state index contributed by atoms with van der Waals surface area (Å²) in [5.74, 6) is 0.297. The fourth-order valence-corrected chi connectivity index (χ4v) is 2.08. The zero-order valence-electron chi connectivity index (χ0n) is 10.2. The molecule has 17 heavy (non-hydrogen) atoms. The van der Waals surface area contributed by atoms with Crippen molar-refractivity contribution in [1.82, 2.24) is 0 Å². The first-order valence-corrected chi connectivity index (χ1v) is 6.15. The Morgan fingerprint density at radius 3 is 2.88 bits per heavy atom. The van der Waals surface area contributed by atoms with Crippen molar-refractivity contribution in [3.8, 4) is 0 Å². The molecule has 0 amide bonds. The number of hydrogen-bond acceptors (Lipinski definition) is 2. The fourth-order valence-electron chi connectivity index (χ4n) is 2.08. The monoisotopic (exact) mass is 230 g/mol. The van der Waals surface area contributed by atoms with Crippen LogP contribution in [0, 0.1) is 12.8 Å². The van der Waals surface area contributed by atoms with E-state index < -0.39 is 0 Å². The van der Waals surface area contributed by atoms with E-state index in [0.29, 0.717) is 18.1 Å². The van der Waals surface area contributed by atoms with E-state index in [0.717, 1.165) is 24.8 Å². The van der Waals surface area contributed by atoms with E-state index >= 15 is 0 Å². The summed E-state index contributed by atoms with van der Waals surface area (Å²) in [4.78, 5) is 11.9. The molecule has 1 unspecified atom stereocenters. The van der Waals surface area contributed by atoms with Crippen LogP contribution in [0.15, 0.2) is 36.4 Å². The highest BCUT2D eigenvalue weighted by Crippen LogP contribution is 2.19. The second kappa shape index (κ2) is 5.67. The number of hydrogen-bond donors (Lipinski definition) is 0. The first-order valence-electron chi connectivity index (χ1n) is 6.15. The number of rotatable bonds is 3. The van der Waals surface area contributed by atoms with Gasteiger partial charge >= 0.3 is 5.97 Å². The van der Waals surface area contributed by atoms with E-state index in [4.69, 9.17) is 4.74 Å². The Balaban J connectivity index is 1.89. The van der Waals surface area contributed by atoms with Crippen molar-refractivity contribution < 1.29 is 9.53 Å². The summed E-state index contributed by atoms with van der Waals surface area (Å²) in [6.45, 7) is 2.47. The first-order chi connectivity index (χ1) is 8.27. The summed E-state index contributed by atoms with van der Waals surface area (Å²) in [5, 5.41) is 0. The molecule has 1 aliphatic carbocycles. The van der Waals surface area contributed by atoms with E-state index in [1.54, 1.807) is 0 Å². The standard InChI is InChI=1S/C15H18O2/c1-12-7-5-6-10-14(12)15(16)17-11-13-8-3-2-4-9-13/h2-3,5-7,10,13H,4,8-9,11H2,1H3. The van der Waals surface area contributed by atoms with E-state index in [2.05, 4.69) is 12.2 Å². The Bertz CT molecular complexity index is 421. The van der Waals surface area contributed by atoms with Crippen LogP contribution < -0.4 is 0 Å². The molecular weight excluding hydrogens is 212 g/mol. The van der Waals surface area contributed by atoms with Gasteiger partial charge in [0.05, 0.1) is 12.2 Å². The minimum absolute atomic E-state index is 0.197. The van der Waals surface area contributed by atoms with Gasteiger partial charge < -0.3 is 4.74 Å². The predicted octanol–water partition coefficient (Wildman–Crippen LogP) is 3.51. The lowest BCUT2D eigenvalue weighted by Gasteiger charge is -2.17. The zero-order chi connectivity index (χ0) is 12.1. The molecule has 0 fully saturated rings. The lowest BCUT2D eigenvalue weighted by atomic mass is 9.95. The second-order valence-corrected chi connectivity index (χ2v) is 4.56. The maximum Gasteiger partial charge on any atom is 0.338 e. The molecule has 1 aromatic rings. The van der Waals surface area contributed by atoms with E-state index in [9.17, 15) is 4.79 Å². The van der Waals surface area contributed by atoms with E-state index in [-0.39, 0.29) is 5.97 Å². The molecule has 90 valence electrons. The van der Waals surface area contributed by atoms with Gasteiger partial charge in [-0.3, -0.25) is 0 Å². The van der Waals surface area contributed by atoms with Crippen LogP contribution in [0.1, 0.15) is 35.2 Å². The third-order valence-electron chi connectivity index (χ3n) is 3.19. The molecule has 0 saturated carbocycles. The quantitative estimate of drug-likeness (QED) is 0.586. The summed E-state index contributed by atoms with van der Waals surface area (Å²) in [6, 6.07) is 7.55. The van der Waals surface area contributed by atoms with Crippen LogP contribution >= 0.6 is 0 Å². The molecule has 0 aliphatic heterocycles. The molecule has 0 N–H and O–H groups in total. The summed E-state index contributed by atoms with van der Waals surface area (Å²) in [5.41, 5.74) is 1.65. The van der Waals surface area contributed by atoms with Gasteiger partial charge in [0.15, 0.2) is 0 Å². The molecule has 1 aliphatic rings. The Kier molecular flexibility index (Phi) is 3.97. The zero-order valence-corrected chi connectivity index (χ0v) is 10.2. The van der Waals surface area contributed by atoms with Gasteiger partial charge in [-0.05, 0) is 43.7 Å². The van der Waals surface area contributed by atoms with Gasteiger partial charge in [-0.25, -0.2) is 4.79 Å². The van der Waals surface area contributed by atoms with Crippen LogP contribution in [-0.4, -0.2) is 12.6 Å². The van der Waals surface area contributed by atoms with Crippen molar-refractivity contribution in [2.24, 2.45) is 5.92 Å². The lowest BCUT2D eigenvalue weighted by Crippen LogP contribution is -2.15. The number of carbonyl (C=O) groups is 1. The average Bonchev–Trinajstić information content (AvgIpc) is 2.38. The molecule has 2 nitrogen and oxygen atoms in total. The van der Waals surface area contributed by atoms with Crippen molar-refractivity contribution in [2.75, 3.05) is 6.61 Å². The minimum atomic E-state index is -0.197. The topological polar surface area (TPSA) is 26.3 Å². The van der Waals surface area contributed by atoms with Gasteiger partial charge in [-0.2, -0.15) is 0 Å². The maximum atomic E-state index is 11.9. The first kappa shape index (κ1) is 11.9. The van der Waals surface area contributed by atoms with Gasteiger partial charge in [0.25, 0.3) is 0 Å². The van der Waals surface area contributed by atoms with Crippen LogP contribution in [0.25, 0.3) is 0 Å². The van der Waals surface area contributed by atoms with Crippen molar-refractivity contribution in [3.63, 3.8) is 0 Å². The van der Waals surface area contributed by atoms with Crippen molar-refractivity contribution in [3.05, 3.63) is 47.5 Å². The number of benzene rings is 1. The Morgan fingerprint density at radius 2 is 2.18 bits per heavy atom. The van der Waals surface area contributed by atoms with E-state index in [1.165, 1.54) is 0 Å². The Morgan fingerprint density at radius 1 is 1.35 bits per heavy atom. The molecule has 0 saturated heterocycles. The largest absolute Gasteiger partial charge is 0.462 e. The summed E-state index contributed by atoms with van der Waals surface area (Å²) in [6.07, 6.45) is 7.63. The highest BCUT2D eigenvalue weighted by molar-refractivity contribution is 5.90. The molecule has 2 rings (SSSR count). The highest BCUT2D eigenvalue weighted by atomic mass is 16.5. The van der Waals surface area contributed by atoms with Crippen molar-refractivity contribution in [2.45, 2.75) is 26.2 Å². The number of ether oxygens (including phenoxy) is 1. The van der Waals surface area contributed by atoms with Crippen LogP contribution in [0.4, 0.5) is 0 Å². The van der Waals surface area contributed by atoms with Gasteiger partial charge in [0, 0.05) is 0 Å². The highest BCUT2D eigenvalue weighted by Gasteiger charge is 2.14. The number of carbonyl (C=O) groups excluding carboxylic acids is 1. The molecule has 2 heteroatoms. The molecule has 0 bridgehead atoms. The second-order valence-electron chi connectivity index (χ2n) is 4.56. The Labute approximate surface area is 102 Å².